The first-order valence-corrected chi connectivity index (χ1v) is 6.45. The number of carbonyl (C=O) groups is 1. The quantitative estimate of drug-likeness (QED) is 0.693. The van der Waals surface area contributed by atoms with Crippen molar-refractivity contribution in [3.05, 3.63) is 0 Å². The van der Waals surface area contributed by atoms with Crippen molar-refractivity contribution in [3.63, 3.8) is 0 Å². The molecule has 1 amide bonds. The zero-order chi connectivity index (χ0) is 11.0. The Balaban J connectivity index is 1.65. The van der Waals surface area contributed by atoms with Gasteiger partial charge in [-0.05, 0) is 25.2 Å². The molecule has 3 saturated heterocycles. The smallest absolute Gasteiger partial charge is 0.226 e. The van der Waals surface area contributed by atoms with Gasteiger partial charge in [-0.3, -0.25) is 4.79 Å². The van der Waals surface area contributed by atoms with Crippen molar-refractivity contribution in [3.8, 4) is 0 Å². The van der Waals surface area contributed by atoms with E-state index in [4.69, 9.17) is 4.74 Å². The standard InChI is InChI=1S/C12H20N2O2/c15-12(9-2-5-16-6-3-9)14-4-1-10-7-13-8-11(10)14/h9-11,13H,1-8H2/t10-,11+/m0/s1. The van der Waals surface area contributed by atoms with Crippen molar-refractivity contribution in [1.29, 1.82) is 0 Å². The maximum absolute atomic E-state index is 12.4. The summed E-state index contributed by atoms with van der Waals surface area (Å²) in [6, 6.07) is 0.482. The van der Waals surface area contributed by atoms with Crippen molar-refractivity contribution in [1.82, 2.24) is 10.2 Å². The monoisotopic (exact) mass is 224 g/mol. The van der Waals surface area contributed by atoms with Gasteiger partial charge in [-0.1, -0.05) is 0 Å². The third-order valence-electron chi connectivity index (χ3n) is 4.30. The van der Waals surface area contributed by atoms with Gasteiger partial charge in [0.2, 0.25) is 5.91 Å². The van der Waals surface area contributed by atoms with Gasteiger partial charge in [0.1, 0.15) is 0 Å². The number of nitrogens with one attached hydrogen (secondary N) is 1. The number of hydrogen-bond acceptors (Lipinski definition) is 3. The van der Waals surface area contributed by atoms with Crippen molar-refractivity contribution in [2.24, 2.45) is 11.8 Å². The Bertz CT molecular complexity index is 276. The molecule has 3 rings (SSSR count). The summed E-state index contributed by atoms with van der Waals surface area (Å²) in [7, 11) is 0. The molecule has 0 aromatic heterocycles. The first-order valence-electron chi connectivity index (χ1n) is 6.45. The molecule has 0 unspecified atom stereocenters. The molecule has 16 heavy (non-hydrogen) atoms. The molecule has 2 atom stereocenters. The molecule has 4 heteroatoms. The van der Waals surface area contributed by atoms with Gasteiger partial charge in [0.25, 0.3) is 0 Å². The Morgan fingerprint density at radius 3 is 2.81 bits per heavy atom. The predicted octanol–water partition coefficient (Wildman–Crippen LogP) is 0.233. The van der Waals surface area contributed by atoms with Gasteiger partial charge in [-0.15, -0.1) is 0 Å². The van der Waals surface area contributed by atoms with Gasteiger partial charge < -0.3 is 15.0 Å². The lowest BCUT2D eigenvalue weighted by molar-refractivity contribution is -0.139. The van der Waals surface area contributed by atoms with Crippen LogP contribution in [0.3, 0.4) is 0 Å². The van der Waals surface area contributed by atoms with Crippen LogP contribution in [-0.2, 0) is 9.53 Å². The van der Waals surface area contributed by atoms with Crippen molar-refractivity contribution in [2.45, 2.75) is 25.3 Å². The fourth-order valence-electron chi connectivity index (χ4n) is 3.30. The van der Waals surface area contributed by atoms with Gasteiger partial charge in [-0.25, -0.2) is 0 Å². The molecule has 3 fully saturated rings. The third-order valence-corrected chi connectivity index (χ3v) is 4.30. The number of likely N-dealkylation sites (tertiary alicyclic amines) is 1. The first kappa shape index (κ1) is 10.5. The highest BCUT2D eigenvalue weighted by Crippen LogP contribution is 2.30. The van der Waals surface area contributed by atoms with E-state index in [9.17, 15) is 4.79 Å². The molecule has 0 radical (unpaired) electrons. The normalized spacial score (nSPS) is 35.4. The van der Waals surface area contributed by atoms with Crippen LogP contribution < -0.4 is 5.32 Å². The average Bonchev–Trinajstić information content (AvgIpc) is 2.91. The summed E-state index contributed by atoms with van der Waals surface area (Å²) in [5, 5.41) is 3.39. The van der Waals surface area contributed by atoms with Gasteiger partial charge in [0.15, 0.2) is 0 Å². The Hall–Kier alpha value is -0.610. The maximum Gasteiger partial charge on any atom is 0.226 e. The zero-order valence-corrected chi connectivity index (χ0v) is 9.65. The third kappa shape index (κ3) is 1.74. The molecule has 0 saturated carbocycles. The molecule has 0 spiro atoms. The summed E-state index contributed by atoms with van der Waals surface area (Å²) in [5.41, 5.74) is 0. The van der Waals surface area contributed by atoms with Crippen molar-refractivity contribution in [2.75, 3.05) is 32.8 Å². The molecule has 3 aliphatic rings. The van der Waals surface area contributed by atoms with E-state index in [2.05, 4.69) is 10.2 Å². The number of fused-ring (bicyclic) bond motifs is 1. The van der Waals surface area contributed by atoms with Crippen molar-refractivity contribution >= 4 is 5.91 Å². The van der Waals surface area contributed by atoms with E-state index in [0.717, 1.165) is 45.7 Å². The van der Waals surface area contributed by atoms with Gasteiger partial charge >= 0.3 is 0 Å². The van der Waals surface area contributed by atoms with E-state index >= 15 is 0 Å². The van der Waals surface area contributed by atoms with Gasteiger partial charge in [-0.2, -0.15) is 0 Å². The van der Waals surface area contributed by atoms with Crippen LogP contribution in [0.4, 0.5) is 0 Å². The molecule has 4 nitrogen and oxygen atoms in total. The average molecular weight is 224 g/mol. The molecular formula is C12H20N2O2. The van der Waals surface area contributed by atoms with Crippen LogP contribution in [0.2, 0.25) is 0 Å². The molecule has 0 aliphatic carbocycles. The van der Waals surface area contributed by atoms with Crippen molar-refractivity contribution < 1.29 is 9.53 Å². The number of hydrogen-bond donors (Lipinski definition) is 1. The summed E-state index contributed by atoms with van der Waals surface area (Å²) < 4.78 is 5.32. The second kappa shape index (κ2) is 4.34. The summed E-state index contributed by atoms with van der Waals surface area (Å²) in [4.78, 5) is 14.5. The number of carbonyl (C=O) groups excluding carboxylic acids is 1. The number of rotatable bonds is 1. The molecule has 0 bridgehead atoms. The summed E-state index contributed by atoms with van der Waals surface area (Å²) in [6.45, 7) is 4.60. The molecule has 3 heterocycles. The SMILES string of the molecule is O=C(C1CCOCC1)N1CC[C@H]2CNC[C@H]21. The van der Waals surface area contributed by atoms with Crippen LogP contribution in [0.15, 0.2) is 0 Å². The van der Waals surface area contributed by atoms with Crippen LogP contribution in [-0.4, -0.2) is 49.7 Å². The lowest BCUT2D eigenvalue weighted by atomic mass is 9.98. The molecule has 3 aliphatic heterocycles. The van der Waals surface area contributed by atoms with E-state index in [1.807, 2.05) is 0 Å². The minimum absolute atomic E-state index is 0.230. The maximum atomic E-state index is 12.4. The summed E-state index contributed by atoms with van der Waals surface area (Å²) in [5.74, 6) is 1.33. The van der Waals surface area contributed by atoms with Crippen LogP contribution in [0.25, 0.3) is 0 Å². The number of nitrogens with zero attached hydrogens (tertiary/aromatic N) is 1. The van der Waals surface area contributed by atoms with Crippen LogP contribution in [0, 0.1) is 11.8 Å². The fourth-order valence-corrected chi connectivity index (χ4v) is 3.30. The number of ether oxygens (including phenoxy) is 1. The lowest BCUT2D eigenvalue weighted by Gasteiger charge is -2.30. The van der Waals surface area contributed by atoms with Crippen LogP contribution in [0.5, 0.6) is 0 Å². The molecule has 90 valence electrons. The Morgan fingerprint density at radius 1 is 1.19 bits per heavy atom. The van der Waals surface area contributed by atoms with Crippen LogP contribution >= 0.6 is 0 Å². The van der Waals surface area contributed by atoms with E-state index in [-0.39, 0.29) is 5.92 Å². The topological polar surface area (TPSA) is 41.6 Å². The molecule has 0 aromatic rings. The van der Waals surface area contributed by atoms with E-state index in [1.165, 1.54) is 6.42 Å². The van der Waals surface area contributed by atoms with E-state index in [1.54, 1.807) is 0 Å². The molecular weight excluding hydrogens is 204 g/mol. The highest BCUT2D eigenvalue weighted by atomic mass is 16.5. The minimum Gasteiger partial charge on any atom is -0.381 e. The molecule has 1 N–H and O–H groups in total. The van der Waals surface area contributed by atoms with Gasteiger partial charge in [0, 0.05) is 44.8 Å². The van der Waals surface area contributed by atoms with Gasteiger partial charge in [0.05, 0.1) is 0 Å². The highest BCUT2D eigenvalue weighted by Gasteiger charge is 2.41. The second-order valence-corrected chi connectivity index (χ2v) is 5.19. The van der Waals surface area contributed by atoms with Crippen LogP contribution in [0.1, 0.15) is 19.3 Å². The highest BCUT2D eigenvalue weighted by molar-refractivity contribution is 5.79. The van der Waals surface area contributed by atoms with E-state index < -0.39 is 0 Å². The Kier molecular flexibility index (Phi) is 2.86. The second-order valence-electron chi connectivity index (χ2n) is 5.19. The molecule has 0 aromatic carbocycles. The first-order chi connectivity index (χ1) is 7.86. The zero-order valence-electron chi connectivity index (χ0n) is 9.65. The minimum atomic E-state index is 0.230. The Labute approximate surface area is 96.3 Å². The number of amides is 1. The van der Waals surface area contributed by atoms with E-state index in [0.29, 0.717) is 17.9 Å². The predicted molar refractivity (Wildman–Crippen MR) is 60.0 cm³/mol. The lowest BCUT2D eigenvalue weighted by Crippen LogP contribution is -2.43. The summed E-state index contributed by atoms with van der Waals surface area (Å²) >= 11 is 0. The largest absolute Gasteiger partial charge is 0.381 e. The summed E-state index contributed by atoms with van der Waals surface area (Å²) in [6.07, 6.45) is 3.02. The fraction of sp³-hybridized carbons (Fsp3) is 0.917. The Morgan fingerprint density at radius 2 is 2.00 bits per heavy atom.